The first kappa shape index (κ1) is 14.8. The number of anilines is 1. The van der Waals surface area contributed by atoms with Crippen LogP contribution in [0.3, 0.4) is 0 Å². The van der Waals surface area contributed by atoms with Crippen molar-refractivity contribution in [1.29, 1.82) is 0 Å². The number of likely N-dealkylation sites (N-methyl/N-ethyl adjacent to an activating group) is 1. The second-order valence-corrected chi connectivity index (χ2v) is 7.10. The lowest BCUT2D eigenvalue weighted by molar-refractivity contribution is 0.313. The summed E-state index contributed by atoms with van der Waals surface area (Å²) in [4.78, 5) is 4.99. The molecule has 0 saturated heterocycles. The maximum Gasteiger partial charge on any atom is 0.0429 e. The lowest BCUT2D eigenvalue weighted by atomic mass is 9.97. The summed E-state index contributed by atoms with van der Waals surface area (Å²) < 4.78 is 0. The number of rotatable bonds is 2. The number of fused-ring (bicyclic) bond motifs is 2. The molecule has 2 heterocycles. The molecule has 2 heteroatoms. The molecule has 2 aromatic rings. The lowest BCUT2D eigenvalue weighted by Gasteiger charge is -2.28. The molecule has 2 aliphatic rings. The van der Waals surface area contributed by atoms with Crippen LogP contribution in [0.4, 0.5) is 5.69 Å². The van der Waals surface area contributed by atoms with E-state index >= 15 is 0 Å². The topological polar surface area (TPSA) is 6.48 Å². The number of para-hydroxylation sites is 1. The summed E-state index contributed by atoms with van der Waals surface area (Å²) in [6, 6.07) is 16.1. The van der Waals surface area contributed by atoms with Gasteiger partial charge in [0.1, 0.15) is 0 Å². The number of aryl methyl sites for hydroxylation is 1. The minimum absolute atomic E-state index is 1.04. The van der Waals surface area contributed by atoms with Gasteiger partial charge in [-0.05, 0) is 61.1 Å². The molecule has 4 rings (SSSR count). The standard InChI is InChI=1S/C21H26N2/c1-22-13-11-19-14-17(9-10-20(19)16-22)15-23-12-5-4-7-18-6-2-3-8-21(18)23/h2-3,6,8-10,14H,4-5,7,11-13,15-16H2,1H3. The monoisotopic (exact) mass is 306 g/mol. The van der Waals surface area contributed by atoms with Gasteiger partial charge in [-0.25, -0.2) is 0 Å². The summed E-state index contributed by atoms with van der Waals surface area (Å²) in [6.07, 6.45) is 5.02. The van der Waals surface area contributed by atoms with Gasteiger partial charge in [-0.2, -0.15) is 0 Å². The van der Waals surface area contributed by atoms with Crippen LogP contribution in [0.1, 0.15) is 35.1 Å². The maximum absolute atomic E-state index is 2.58. The average Bonchev–Trinajstić information content (AvgIpc) is 2.78. The molecule has 0 spiro atoms. The molecule has 0 N–H and O–H groups in total. The molecule has 0 aromatic heterocycles. The highest BCUT2D eigenvalue weighted by molar-refractivity contribution is 5.55. The van der Waals surface area contributed by atoms with Crippen LogP contribution in [0.25, 0.3) is 0 Å². The molecular weight excluding hydrogens is 280 g/mol. The Morgan fingerprint density at radius 3 is 2.74 bits per heavy atom. The maximum atomic E-state index is 2.58. The van der Waals surface area contributed by atoms with E-state index in [0.717, 1.165) is 13.1 Å². The van der Waals surface area contributed by atoms with Crippen molar-refractivity contribution in [2.24, 2.45) is 0 Å². The number of hydrogen-bond acceptors (Lipinski definition) is 2. The zero-order valence-corrected chi connectivity index (χ0v) is 14.1. The molecule has 0 bridgehead atoms. The molecule has 0 atom stereocenters. The third-order valence-electron chi connectivity index (χ3n) is 5.30. The largest absolute Gasteiger partial charge is 0.367 e. The van der Waals surface area contributed by atoms with Gasteiger partial charge in [0.2, 0.25) is 0 Å². The van der Waals surface area contributed by atoms with Crippen molar-refractivity contribution in [3.63, 3.8) is 0 Å². The van der Waals surface area contributed by atoms with Crippen LogP contribution in [0.15, 0.2) is 42.5 Å². The van der Waals surface area contributed by atoms with Gasteiger partial charge in [0.15, 0.2) is 0 Å². The molecule has 0 unspecified atom stereocenters. The Morgan fingerprint density at radius 2 is 1.78 bits per heavy atom. The van der Waals surface area contributed by atoms with Gasteiger partial charge in [-0.3, -0.25) is 0 Å². The quantitative estimate of drug-likeness (QED) is 0.827. The van der Waals surface area contributed by atoms with Crippen molar-refractivity contribution >= 4 is 5.69 Å². The average molecular weight is 306 g/mol. The summed E-state index contributed by atoms with van der Waals surface area (Å²) in [5.74, 6) is 0. The summed E-state index contributed by atoms with van der Waals surface area (Å²) in [5.41, 5.74) is 7.50. The van der Waals surface area contributed by atoms with Crippen molar-refractivity contribution in [2.75, 3.05) is 25.0 Å². The molecule has 120 valence electrons. The molecule has 0 fully saturated rings. The van der Waals surface area contributed by atoms with E-state index in [1.807, 2.05) is 0 Å². The number of benzene rings is 2. The van der Waals surface area contributed by atoms with Crippen LogP contribution in [-0.2, 0) is 25.9 Å². The lowest BCUT2D eigenvalue weighted by Crippen LogP contribution is -2.27. The Bertz CT molecular complexity index is 692. The van der Waals surface area contributed by atoms with Crippen LogP contribution in [0.5, 0.6) is 0 Å². The van der Waals surface area contributed by atoms with Crippen LogP contribution in [0.2, 0.25) is 0 Å². The Hall–Kier alpha value is -1.80. The summed E-state index contributed by atoms with van der Waals surface area (Å²) >= 11 is 0. The second kappa shape index (κ2) is 6.37. The predicted octanol–water partition coefficient (Wildman–Crippen LogP) is 4.02. The van der Waals surface area contributed by atoms with E-state index in [-0.39, 0.29) is 0 Å². The highest BCUT2D eigenvalue weighted by Crippen LogP contribution is 2.28. The van der Waals surface area contributed by atoms with Gasteiger partial charge in [-0.15, -0.1) is 0 Å². The minimum atomic E-state index is 1.04. The van der Waals surface area contributed by atoms with E-state index in [1.54, 1.807) is 5.56 Å². The van der Waals surface area contributed by atoms with E-state index in [1.165, 1.54) is 61.2 Å². The van der Waals surface area contributed by atoms with Crippen molar-refractivity contribution in [1.82, 2.24) is 4.90 Å². The smallest absolute Gasteiger partial charge is 0.0429 e. The van der Waals surface area contributed by atoms with Gasteiger partial charge in [0.25, 0.3) is 0 Å². The van der Waals surface area contributed by atoms with Crippen LogP contribution >= 0.6 is 0 Å². The number of nitrogens with zero attached hydrogens (tertiary/aromatic N) is 2. The SMILES string of the molecule is CN1CCc2cc(CN3CCCCc4ccccc43)ccc2C1. The third kappa shape index (κ3) is 3.13. The van der Waals surface area contributed by atoms with E-state index in [9.17, 15) is 0 Å². The number of hydrogen-bond donors (Lipinski definition) is 0. The normalized spacial score (nSPS) is 18.2. The zero-order chi connectivity index (χ0) is 15.6. The summed E-state index contributed by atoms with van der Waals surface area (Å²) in [6.45, 7) is 4.50. The Morgan fingerprint density at radius 1 is 0.870 bits per heavy atom. The molecule has 0 aliphatic carbocycles. The van der Waals surface area contributed by atoms with Gasteiger partial charge in [0.05, 0.1) is 0 Å². The molecule has 2 aromatic carbocycles. The molecule has 0 amide bonds. The van der Waals surface area contributed by atoms with Gasteiger partial charge in [0, 0.05) is 31.9 Å². The van der Waals surface area contributed by atoms with E-state index in [4.69, 9.17) is 0 Å². The highest BCUT2D eigenvalue weighted by Gasteiger charge is 2.17. The fourth-order valence-corrected chi connectivity index (χ4v) is 4.00. The first-order valence-electron chi connectivity index (χ1n) is 8.92. The molecule has 23 heavy (non-hydrogen) atoms. The Kier molecular flexibility index (Phi) is 4.09. The van der Waals surface area contributed by atoms with E-state index in [2.05, 4.69) is 59.3 Å². The van der Waals surface area contributed by atoms with Crippen LogP contribution in [0, 0.1) is 0 Å². The molecule has 0 radical (unpaired) electrons. The first-order chi connectivity index (χ1) is 11.3. The van der Waals surface area contributed by atoms with Gasteiger partial charge < -0.3 is 9.80 Å². The van der Waals surface area contributed by atoms with Gasteiger partial charge in [-0.1, -0.05) is 36.4 Å². The Labute approximate surface area is 139 Å². The summed E-state index contributed by atoms with van der Waals surface area (Å²) in [7, 11) is 2.21. The third-order valence-corrected chi connectivity index (χ3v) is 5.30. The summed E-state index contributed by atoms with van der Waals surface area (Å²) in [5, 5.41) is 0. The van der Waals surface area contributed by atoms with Crippen molar-refractivity contribution in [3.8, 4) is 0 Å². The predicted molar refractivity (Wildman–Crippen MR) is 96.9 cm³/mol. The fraction of sp³-hybridized carbons (Fsp3) is 0.429. The second-order valence-electron chi connectivity index (χ2n) is 7.10. The van der Waals surface area contributed by atoms with Crippen molar-refractivity contribution in [3.05, 3.63) is 64.7 Å². The molecule has 0 saturated carbocycles. The zero-order valence-electron chi connectivity index (χ0n) is 14.1. The fourth-order valence-electron chi connectivity index (χ4n) is 4.00. The van der Waals surface area contributed by atoms with Crippen molar-refractivity contribution in [2.45, 2.75) is 38.8 Å². The molecule has 2 aliphatic heterocycles. The van der Waals surface area contributed by atoms with Crippen LogP contribution < -0.4 is 4.90 Å². The highest BCUT2D eigenvalue weighted by atomic mass is 15.1. The molecule has 2 nitrogen and oxygen atoms in total. The molecular formula is C21H26N2. The van der Waals surface area contributed by atoms with E-state index in [0.29, 0.717) is 0 Å². The Balaban J connectivity index is 1.58. The van der Waals surface area contributed by atoms with Crippen molar-refractivity contribution < 1.29 is 0 Å². The first-order valence-corrected chi connectivity index (χ1v) is 8.92. The van der Waals surface area contributed by atoms with Gasteiger partial charge >= 0.3 is 0 Å². The minimum Gasteiger partial charge on any atom is -0.367 e. The van der Waals surface area contributed by atoms with Crippen LogP contribution in [-0.4, -0.2) is 25.0 Å². The van der Waals surface area contributed by atoms with E-state index < -0.39 is 0 Å².